The average molecular weight is 260 g/mol. The molecule has 1 rings (SSSR count). The maximum atomic E-state index is 6.17. The van der Waals surface area contributed by atoms with Crippen LogP contribution < -0.4 is 11.5 Å². The lowest BCUT2D eigenvalue weighted by Gasteiger charge is -2.16. The van der Waals surface area contributed by atoms with Crippen molar-refractivity contribution in [3.63, 3.8) is 0 Å². The predicted octanol–water partition coefficient (Wildman–Crippen LogP) is 3.59. The van der Waals surface area contributed by atoms with E-state index in [0.717, 1.165) is 46.0 Å². The van der Waals surface area contributed by atoms with Crippen molar-refractivity contribution in [3.05, 3.63) is 55.2 Å². The maximum Gasteiger partial charge on any atom is 0.0541 e. The van der Waals surface area contributed by atoms with E-state index in [2.05, 4.69) is 19.7 Å². The lowest BCUT2D eigenvalue weighted by molar-refractivity contribution is 1.18. The minimum atomic E-state index is 0.748. The monoisotopic (exact) mass is 260 g/mol. The Bertz CT molecular complexity index is 430. The number of nitrogens with two attached hydrogens (primary N) is 2. The number of nitrogen functional groups attached to an aromatic ring is 2. The van der Waals surface area contributed by atoms with Gasteiger partial charge in [0.05, 0.1) is 16.3 Å². The van der Waals surface area contributed by atoms with Gasteiger partial charge in [0.2, 0.25) is 0 Å². The van der Waals surface area contributed by atoms with Gasteiger partial charge in [0.1, 0.15) is 0 Å². The predicted molar refractivity (Wildman–Crippen MR) is 84.0 cm³/mol. The number of allylic oxidation sites excluding steroid dienone is 2. The molecular weight excluding hydrogens is 240 g/mol. The number of thioether (sulfide) groups is 1. The summed E-state index contributed by atoms with van der Waals surface area (Å²) in [6.45, 7) is 11.2. The van der Waals surface area contributed by atoms with Crippen LogP contribution in [-0.2, 0) is 12.8 Å². The minimum Gasteiger partial charge on any atom is -0.398 e. The molecule has 1 aromatic rings. The Morgan fingerprint density at radius 2 is 1.44 bits per heavy atom. The summed E-state index contributed by atoms with van der Waals surface area (Å²) in [5, 5.41) is 0. The summed E-state index contributed by atoms with van der Waals surface area (Å²) in [5.74, 6) is 0.791. The van der Waals surface area contributed by atoms with Gasteiger partial charge in [-0.2, -0.15) is 0 Å². The van der Waals surface area contributed by atoms with E-state index in [4.69, 9.17) is 11.5 Å². The van der Waals surface area contributed by atoms with Crippen LogP contribution >= 0.6 is 11.8 Å². The molecule has 0 heterocycles. The van der Waals surface area contributed by atoms with Gasteiger partial charge in [-0.3, -0.25) is 0 Å². The van der Waals surface area contributed by atoms with E-state index in [0.29, 0.717) is 0 Å². The van der Waals surface area contributed by atoms with Crippen LogP contribution in [0.15, 0.2) is 48.9 Å². The molecule has 0 aliphatic carbocycles. The Kier molecular flexibility index (Phi) is 5.59. The fourth-order valence-electron chi connectivity index (χ4n) is 1.75. The van der Waals surface area contributed by atoms with E-state index >= 15 is 0 Å². The second kappa shape index (κ2) is 6.97. The molecule has 0 bridgehead atoms. The summed E-state index contributed by atoms with van der Waals surface area (Å²) < 4.78 is 0. The first-order chi connectivity index (χ1) is 8.65. The van der Waals surface area contributed by atoms with E-state index in [-0.39, 0.29) is 0 Å². The third-order valence-corrected chi connectivity index (χ3v) is 3.73. The van der Waals surface area contributed by atoms with Crippen LogP contribution in [0.3, 0.4) is 0 Å². The molecule has 0 aliphatic rings. The highest BCUT2D eigenvalue weighted by molar-refractivity contribution is 7.99. The normalized spacial score (nSPS) is 10.0. The van der Waals surface area contributed by atoms with Gasteiger partial charge in [-0.25, -0.2) is 0 Å². The Hall–Kier alpha value is -1.61. The number of benzene rings is 1. The molecule has 0 atom stereocenters. The lowest BCUT2D eigenvalue weighted by atomic mass is 10.0. The number of hydrogen-bond acceptors (Lipinski definition) is 3. The molecule has 0 radical (unpaired) electrons. The largest absolute Gasteiger partial charge is 0.398 e. The van der Waals surface area contributed by atoms with Crippen molar-refractivity contribution in [2.24, 2.45) is 0 Å². The van der Waals surface area contributed by atoms with Crippen LogP contribution in [0.4, 0.5) is 11.4 Å². The third kappa shape index (κ3) is 3.20. The van der Waals surface area contributed by atoms with Crippen LogP contribution in [0.25, 0.3) is 0 Å². The van der Waals surface area contributed by atoms with Crippen molar-refractivity contribution in [1.82, 2.24) is 0 Å². The molecule has 2 nitrogen and oxygen atoms in total. The molecular formula is C15H20N2S. The summed E-state index contributed by atoms with van der Waals surface area (Å²) in [7, 11) is 0. The van der Waals surface area contributed by atoms with Gasteiger partial charge >= 0.3 is 0 Å². The van der Waals surface area contributed by atoms with Crippen molar-refractivity contribution in [1.29, 1.82) is 0 Å². The summed E-state index contributed by atoms with van der Waals surface area (Å²) in [4.78, 5) is 0.950. The van der Waals surface area contributed by atoms with Gasteiger partial charge in [-0.15, -0.1) is 31.5 Å². The fourth-order valence-corrected chi connectivity index (χ4v) is 2.61. The molecule has 0 aliphatic heterocycles. The number of anilines is 2. The highest BCUT2D eigenvalue weighted by Gasteiger charge is 2.13. The quantitative estimate of drug-likeness (QED) is 0.447. The molecule has 3 heteroatoms. The highest BCUT2D eigenvalue weighted by Crippen LogP contribution is 2.37. The smallest absolute Gasteiger partial charge is 0.0541 e. The molecule has 18 heavy (non-hydrogen) atoms. The zero-order valence-corrected chi connectivity index (χ0v) is 11.4. The van der Waals surface area contributed by atoms with Crippen LogP contribution in [0.2, 0.25) is 0 Å². The Balaban J connectivity index is 3.29. The highest BCUT2D eigenvalue weighted by atomic mass is 32.2. The molecule has 96 valence electrons. The van der Waals surface area contributed by atoms with E-state index in [1.54, 1.807) is 11.8 Å². The van der Waals surface area contributed by atoms with Gasteiger partial charge in [0.15, 0.2) is 0 Å². The zero-order chi connectivity index (χ0) is 13.5. The Labute approximate surface area is 113 Å². The van der Waals surface area contributed by atoms with Gasteiger partial charge in [0.25, 0.3) is 0 Å². The van der Waals surface area contributed by atoms with Gasteiger partial charge in [-0.1, -0.05) is 24.3 Å². The zero-order valence-electron chi connectivity index (χ0n) is 10.6. The van der Waals surface area contributed by atoms with Crippen LogP contribution in [-0.4, -0.2) is 5.75 Å². The molecule has 0 fully saturated rings. The Morgan fingerprint density at radius 1 is 0.944 bits per heavy atom. The average Bonchev–Trinajstić information content (AvgIpc) is 2.35. The second-order valence-corrected chi connectivity index (χ2v) is 4.97. The van der Waals surface area contributed by atoms with E-state index in [1.807, 2.05) is 24.3 Å². The molecule has 0 saturated heterocycles. The number of hydrogen-bond donors (Lipinski definition) is 2. The third-order valence-electron chi connectivity index (χ3n) is 2.60. The summed E-state index contributed by atoms with van der Waals surface area (Å²) in [6, 6.07) is 2.05. The second-order valence-electron chi connectivity index (χ2n) is 3.94. The van der Waals surface area contributed by atoms with Crippen molar-refractivity contribution in [2.75, 3.05) is 17.2 Å². The van der Waals surface area contributed by atoms with Crippen LogP contribution in [0, 0.1) is 0 Å². The molecule has 0 saturated carbocycles. The standard InChI is InChI=1S/C15H20N2S/c1-4-7-11-10-12(8-5-2)14(17)15(13(11)16)18-9-6-3/h4-6,10H,1-3,7-9,16-17H2. The summed E-state index contributed by atoms with van der Waals surface area (Å²) >= 11 is 1.62. The van der Waals surface area contributed by atoms with Gasteiger partial charge in [-0.05, 0) is 24.0 Å². The van der Waals surface area contributed by atoms with Crippen molar-refractivity contribution >= 4 is 23.1 Å². The summed E-state index contributed by atoms with van der Waals surface area (Å²) in [5.41, 5.74) is 16.0. The van der Waals surface area contributed by atoms with Gasteiger partial charge in [0, 0.05) is 5.75 Å². The first-order valence-electron chi connectivity index (χ1n) is 5.80. The fraction of sp³-hybridized carbons (Fsp3) is 0.200. The SMILES string of the molecule is C=CCSc1c(N)c(CC=C)cc(CC=C)c1N. The molecule has 0 aromatic heterocycles. The van der Waals surface area contributed by atoms with Crippen molar-refractivity contribution < 1.29 is 0 Å². The molecule has 1 aromatic carbocycles. The topological polar surface area (TPSA) is 52.0 Å². The van der Waals surface area contributed by atoms with E-state index in [9.17, 15) is 0 Å². The molecule has 4 N–H and O–H groups in total. The van der Waals surface area contributed by atoms with Crippen molar-refractivity contribution in [3.8, 4) is 0 Å². The molecule has 0 spiro atoms. The number of rotatable bonds is 7. The minimum absolute atomic E-state index is 0.748. The van der Waals surface area contributed by atoms with E-state index in [1.165, 1.54) is 0 Å². The van der Waals surface area contributed by atoms with E-state index < -0.39 is 0 Å². The van der Waals surface area contributed by atoms with Crippen LogP contribution in [0.5, 0.6) is 0 Å². The first kappa shape index (κ1) is 14.5. The van der Waals surface area contributed by atoms with Gasteiger partial charge < -0.3 is 11.5 Å². The Morgan fingerprint density at radius 3 is 1.83 bits per heavy atom. The molecule has 0 unspecified atom stereocenters. The lowest BCUT2D eigenvalue weighted by Crippen LogP contribution is -2.04. The van der Waals surface area contributed by atoms with Crippen LogP contribution in [0.1, 0.15) is 11.1 Å². The van der Waals surface area contributed by atoms with Crippen molar-refractivity contribution in [2.45, 2.75) is 17.7 Å². The first-order valence-corrected chi connectivity index (χ1v) is 6.79. The molecule has 0 amide bonds. The summed E-state index contributed by atoms with van der Waals surface area (Å²) in [6.07, 6.45) is 7.04. The maximum absolute atomic E-state index is 6.17.